The number of carbonyl (C=O) groups is 1. The quantitative estimate of drug-likeness (QED) is 0.440. The summed E-state index contributed by atoms with van der Waals surface area (Å²) in [4.78, 5) is 32.1. The van der Waals surface area contributed by atoms with E-state index >= 15 is 0 Å². The highest BCUT2D eigenvalue weighted by molar-refractivity contribution is 5.76. The fourth-order valence-electron chi connectivity index (χ4n) is 4.25. The molecule has 0 atom stereocenters. The third kappa shape index (κ3) is 4.32. The predicted octanol–water partition coefficient (Wildman–Crippen LogP) is 2.50. The first-order chi connectivity index (χ1) is 16.2. The van der Waals surface area contributed by atoms with Crippen LogP contribution in [0.25, 0.3) is 5.69 Å². The van der Waals surface area contributed by atoms with Gasteiger partial charge in [-0.15, -0.1) is 0 Å². The van der Waals surface area contributed by atoms with Gasteiger partial charge in [-0.25, -0.2) is 9.67 Å². The zero-order chi connectivity index (χ0) is 22.6. The van der Waals surface area contributed by atoms with E-state index in [2.05, 4.69) is 4.98 Å². The third-order valence-corrected chi connectivity index (χ3v) is 5.87. The van der Waals surface area contributed by atoms with Gasteiger partial charge in [0.1, 0.15) is 18.9 Å². The maximum Gasteiger partial charge on any atom is 0.274 e. The van der Waals surface area contributed by atoms with Crippen LogP contribution in [0.4, 0.5) is 0 Å². The van der Waals surface area contributed by atoms with Crippen LogP contribution in [-0.4, -0.2) is 42.9 Å². The fourth-order valence-corrected chi connectivity index (χ4v) is 4.25. The van der Waals surface area contributed by atoms with Crippen molar-refractivity contribution in [1.82, 2.24) is 23.8 Å². The van der Waals surface area contributed by atoms with Crippen molar-refractivity contribution in [2.75, 3.05) is 13.2 Å². The lowest BCUT2D eigenvalue weighted by molar-refractivity contribution is -0.132. The second-order valence-corrected chi connectivity index (χ2v) is 7.96. The van der Waals surface area contributed by atoms with Gasteiger partial charge in [0.2, 0.25) is 5.91 Å². The van der Waals surface area contributed by atoms with E-state index in [9.17, 15) is 9.59 Å². The highest BCUT2D eigenvalue weighted by Gasteiger charge is 2.29. The lowest BCUT2D eigenvalue weighted by atomic mass is 10.1. The van der Waals surface area contributed by atoms with E-state index in [1.165, 1.54) is 0 Å². The van der Waals surface area contributed by atoms with Gasteiger partial charge >= 0.3 is 0 Å². The number of para-hydroxylation sites is 2. The number of aromatic nitrogens is 4. The Labute approximate surface area is 191 Å². The molecule has 4 aromatic rings. The van der Waals surface area contributed by atoms with Crippen molar-refractivity contribution < 1.29 is 9.53 Å². The van der Waals surface area contributed by atoms with Gasteiger partial charge in [-0.2, -0.15) is 0 Å². The van der Waals surface area contributed by atoms with Crippen LogP contribution in [-0.2, 0) is 30.8 Å². The number of carbonyl (C=O) groups excluding carboxylic acids is 1. The molecule has 0 bridgehead atoms. The summed E-state index contributed by atoms with van der Waals surface area (Å²) >= 11 is 0. The van der Waals surface area contributed by atoms with Crippen LogP contribution in [0.2, 0.25) is 0 Å². The predicted molar refractivity (Wildman–Crippen MR) is 123 cm³/mol. The molecule has 5 rings (SSSR count). The van der Waals surface area contributed by atoms with E-state index in [1.54, 1.807) is 28.0 Å². The van der Waals surface area contributed by atoms with Crippen molar-refractivity contribution in [1.29, 1.82) is 0 Å². The number of nitrogens with zero attached hydrogens (tertiary/aromatic N) is 5. The number of fused-ring (bicyclic) bond motifs is 1. The lowest BCUT2D eigenvalue weighted by Crippen LogP contribution is -2.39. The molecule has 33 heavy (non-hydrogen) atoms. The second-order valence-electron chi connectivity index (χ2n) is 7.96. The molecular formula is C25H25N5O3. The maximum atomic E-state index is 13.4. The molecule has 0 unspecified atom stereocenters. The largest absolute Gasteiger partial charge is 0.492 e. The molecule has 8 heteroatoms. The standard InChI is InChI=1S/C25H25N5O3/c31-24(18-27-14-12-26-19-27)28-13-11-22-23(17-28)29(15-16-33-21-9-5-2-6-10-21)30(25(22)32)20-7-3-1-4-8-20/h1-10,12,14,19H,11,13,15-18H2. The Balaban J connectivity index is 1.44. The highest BCUT2D eigenvalue weighted by atomic mass is 16.5. The third-order valence-electron chi connectivity index (χ3n) is 5.87. The van der Waals surface area contributed by atoms with Crippen molar-refractivity contribution in [2.24, 2.45) is 0 Å². The molecule has 8 nitrogen and oxygen atoms in total. The van der Waals surface area contributed by atoms with Gasteiger partial charge in [0.25, 0.3) is 5.56 Å². The summed E-state index contributed by atoms with van der Waals surface area (Å²) in [6.07, 6.45) is 5.60. The minimum absolute atomic E-state index is 0.00523. The first kappa shape index (κ1) is 20.8. The molecule has 0 spiro atoms. The van der Waals surface area contributed by atoms with Crippen LogP contribution >= 0.6 is 0 Å². The summed E-state index contributed by atoms with van der Waals surface area (Å²) in [5.74, 6) is 0.787. The number of imidazole rings is 1. The summed E-state index contributed by atoms with van der Waals surface area (Å²) in [6, 6.07) is 19.2. The normalized spacial score (nSPS) is 13.0. The topological polar surface area (TPSA) is 74.3 Å². The van der Waals surface area contributed by atoms with Crippen molar-refractivity contribution in [3.8, 4) is 11.4 Å². The van der Waals surface area contributed by atoms with E-state index in [4.69, 9.17) is 4.74 Å². The summed E-state index contributed by atoms with van der Waals surface area (Å²) in [5.41, 5.74) is 2.40. The van der Waals surface area contributed by atoms with Crippen LogP contribution in [0.5, 0.6) is 5.75 Å². The van der Waals surface area contributed by atoms with Gasteiger partial charge in [-0.05, 0) is 30.7 Å². The van der Waals surface area contributed by atoms with Crippen molar-refractivity contribution in [3.05, 3.63) is 101 Å². The average Bonchev–Trinajstić information content (AvgIpc) is 3.46. The number of rotatable bonds is 7. The zero-order valence-corrected chi connectivity index (χ0v) is 18.2. The fraction of sp³-hybridized carbons (Fsp3) is 0.240. The van der Waals surface area contributed by atoms with Crippen LogP contribution in [0.15, 0.2) is 84.2 Å². The van der Waals surface area contributed by atoms with Gasteiger partial charge in [-0.3, -0.25) is 14.3 Å². The van der Waals surface area contributed by atoms with Crippen LogP contribution in [0.3, 0.4) is 0 Å². The lowest BCUT2D eigenvalue weighted by Gasteiger charge is -2.28. The Morgan fingerprint density at radius 2 is 1.79 bits per heavy atom. The molecular weight excluding hydrogens is 418 g/mol. The van der Waals surface area contributed by atoms with Gasteiger partial charge < -0.3 is 14.2 Å². The van der Waals surface area contributed by atoms with Gasteiger partial charge in [0.05, 0.1) is 30.8 Å². The van der Waals surface area contributed by atoms with Gasteiger partial charge in [-0.1, -0.05) is 36.4 Å². The Morgan fingerprint density at radius 3 is 2.52 bits per heavy atom. The maximum absolute atomic E-state index is 13.4. The molecule has 168 valence electrons. The first-order valence-corrected chi connectivity index (χ1v) is 11.0. The number of benzene rings is 2. The number of hydrogen-bond donors (Lipinski definition) is 0. The second kappa shape index (κ2) is 9.20. The summed E-state index contributed by atoms with van der Waals surface area (Å²) in [6.45, 7) is 2.03. The van der Waals surface area contributed by atoms with E-state index in [-0.39, 0.29) is 18.0 Å². The number of hydrogen-bond acceptors (Lipinski definition) is 4. The van der Waals surface area contributed by atoms with Crippen molar-refractivity contribution >= 4 is 5.91 Å². The Morgan fingerprint density at radius 1 is 1.03 bits per heavy atom. The van der Waals surface area contributed by atoms with Crippen LogP contribution < -0.4 is 10.3 Å². The molecule has 0 N–H and O–H groups in total. The van der Waals surface area contributed by atoms with E-state index in [0.717, 1.165) is 22.7 Å². The Kier molecular flexibility index (Phi) is 5.80. The van der Waals surface area contributed by atoms with Crippen LogP contribution in [0, 0.1) is 0 Å². The molecule has 3 heterocycles. The Hall–Kier alpha value is -4.07. The molecule has 0 saturated carbocycles. The molecule has 2 aromatic carbocycles. The van der Waals surface area contributed by atoms with Crippen molar-refractivity contribution in [2.45, 2.75) is 26.1 Å². The molecule has 1 amide bonds. The van der Waals surface area contributed by atoms with E-state index in [0.29, 0.717) is 32.7 Å². The molecule has 0 fully saturated rings. The first-order valence-electron chi connectivity index (χ1n) is 11.0. The summed E-state index contributed by atoms with van der Waals surface area (Å²) in [7, 11) is 0. The van der Waals surface area contributed by atoms with Gasteiger partial charge in [0.15, 0.2) is 0 Å². The van der Waals surface area contributed by atoms with Crippen molar-refractivity contribution in [3.63, 3.8) is 0 Å². The monoisotopic (exact) mass is 443 g/mol. The average molecular weight is 444 g/mol. The summed E-state index contributed by atoms with van der Waals surface area (Å²) in [5, 5.41) is 0. The molecule has 0 saturated heterocycles. The Bertz CT molecular complexity index is 1280. The molecule has 1 aliphatic rings. The molecule has 2 aromatic heterocycles. The minimum atomic E-state index is -0.0300. The van der Waals surface area contributed by atoms with Gasteiger partial charge in [0, 0.05) is 24.5 Å². The SMILES string of the molecule is O=C(Cn1ccnc1)N1CCc2c(n(CCOc3ccccc3)n(-c3ccccc3)c2=O)C1. The minimum Gasteiger partial charge on any atom is -0.492 e. The molecule has 1 aliphatic heterocycles. The van der Waals surface area contributed by atoms with E-state index < -0.39 is 0 Å². The zero-order valence-electron chi connectivity index (χ0n) is 18.2. The smallest absolute Gasteiger partial charge is 0.274 e. The molecule has 0 radical (unpaired) electrons. The molecule has 0 aliphatic carbocycles. The highest BCUT2D eigenvalue weighted by Crippen LogP contribution is 2.20. The van der Waals surface area contributed by atoms with E-state index in [1.807, 2.05) is 70.2 Å². The summed E-state index contributed by atoms with van der Waals surface area (Å²) < 4.78 is 11.4. The number of amides is 1. The number of ether oxygens (including phenoxy) is 1. The van der Waals surface area contributed by atoms with Crippen LogP contribution in [0.1, 0.15) is 11.3 Å².